The van der Waals surface area contributed by atoms with E-state index in [9.17, 15) is 9.59 Å². The molecule has 0 aliphatic rings. The summed E-state index contributed by atoms with van der Waals surface area (Å²) in [5.41, 5.74) is 0.786. The highest BCUT2D eigenvalue weighted by Crippen LogP contribution is 2.16. The summed E-state index contributed by atoms with van der Waals surface area (Å²) >= 11 is 10.9. The lowest BCUT2D eigenvalue weighted by molar-refractivity contribution is -0.114. The van der Waals surface area contributed by atoms with Gasteiger partial charge in [0.25, 0.3) is 11.8 Å². The minimum Gasteiger partial charge on any atom is -0.352 e. The van der Waals surface area contributed by atoms with E-state index in [2.05, 4.69) is 10.6 Å². The second-order valence-electron chi connectivity index (χ2n) is 3.94. The van der Waals surface area contributed by atoms with E-state index in [0.717, 1.165) is 12.8 Å². The Kier molecular flexibility index (Phi) is 6.67. The Hall–Kier alpha value is -1.26. The van der Waals surface area contributed by atoms with Gasteiger partial charge < -0.3 is 10.6 Å². The average molecular weight is 303 g/mol. The van der Waals surface area contributed by atoms with E-state index in [1.54, 1.807) is 24.3 Å². The van der Waals surface area contributed by atoms with Crippen LogP contribution in [-0.2, 0) is 4.79 Å². The second-order valence-corrected chi connectivity index (χ2v) is 5.04. The molecule has 0 fully saturated rings. The Balaban J connectivity index is 2.77. The lowest BCUT2D eigenvalue weighted by atomic mass is 10.1. The number of rotatable bonds is 6. The molecule has 0 unspecified atom stereocenters. The zero-order chi connectivity index (χ0) is 14.3. The first-order chi connectivity index (χ1) is 9.06. The van der Waals surface area contributed by atoms with Gasteiger partial charge in [-0.2, -0.15) is 0 Å². The number of unbranched alkanes of at least 4 members (excludes halogenated alkanes) is 1. The summed E-state index contributed by atoms with van der Waals surface area (Å²) in [6.07, 6.45) is 1.91. The predicted molar refractivity (Wildman–Crippen MR) is 77.8 cm³/mol. The Morgan fingerprint density at radius 1 is 1.26 bits per heavy atom. The minimum atomic E-state index is -1.17. The van der Waals surface area contributed by atoms with E-state index < -0.39 is 10.7 Å². The quantitative estimate of drug-likeness (QED) is 0.627. The molecule has 4 nitrogen and oxygen atoms in total. The molecule has 0 saturated heterocycles. The molecule has 2 N–H and O–H groups in total. The molecule has 0 heterocycles. The highest BCUT2D eigenvalue weighted by atomic mass is 35.5. The topological polar surface area (TPSA) is 58.2 Å². The van der Waals surface area contributed by atoms with E-state index >= 15 is 0 Å². The number of halogens is 2. The van der Waals surface area contributed by atoms with Crippen LogP contribution in [0.4, 0.5) is 5.69 Å². The molecule has 104 valence electrons. The van der Waals surface area contributed by atoms with Gasteiger partial charge in [-0.05, 0) is 18.6 Å². The van der Waals surface area contributed by atoms with Crippen LogP contribution in [0, 0.1) is 0 Å². The first-order valence-corrected chi connectivity index (χ1v) is 6.89. The number of para-hydroxylation sites is 1. The Bertz CT molecular complexity index is 450. The van der Waals surface area contributed by atoms with Gasteiger partial charge in [0, 0.05) is 6.54 Å². The second kappa shape index (κ2) is 8.02. The lowest BCUT2D eigenvalue weighted by Gasteiger charge is -2.11. The smallest absolute Gasteiger partial charge is 0.257 e. The Morgan fingerprint density at radius 3 is 2.58 bits per heavy atom. The van der Waals surface area contributed by atoms with Crippen molar-refractivity contribution in [2.75, 3.05) is 11.9 Å². The van der Waals surface area contributed by atoms with Crippen LogP contribution in [-0.4, -0.2) is 23.2 Å². The monoisotopic (exact) mass is 302 g/mol. The lowest BCUT2D eigenvalue weighted by Crippen LogP contribution is -2.27. The first-order valence-electron chi connectivity index (χ1n) is 6.02. The Labute approximate surface area is 122 Å². The molecule has 0 spiro atoms. The summed E-state index contributed by atoms with van der Waals surface area (Å²) in [5, 5.41) is 5.30. The molecule has 0 saturated carbocycles. The summed E-state index contributed by atoms with van der Waals surface area (Å²) < 4.78 is 0. The number of carbonyl (C=O) groups excluding carboxylic acids is 2. The number of benzene rings is 1. The van der Waals surface area contributed by atoms with E-state index in [1.807, 2.05) is 6.92 Å². The fourth-order valence-electron chi connectivity index (χ4n) is 1.45. The normalized spacial score (nSPS) is 10.3. The van der Waals surface area contributed by atoms with Gasteiger partial charge in [-0.1, -0.05) is 48.7 Å². The van der Waals surface area contributed by atoms with Gasteiger partial charge in [-0.15, -0.1) is 0 Å². The third-order valence-corrected chi connectivity index (χ3v) is 2.84. The van der Waals surface area contributed by atoms with Crippen LogP contribution in [0.2, 0.25) is 0 Å². The highest BCUT2D eigenvalue weighted by molar-refractivity contribution is 6.54. The molecule has 0 radical (unpaired) electrons. The van der Waals surface area contributed by atoms with E-state index in [1.165, 1.54) is 0 Å². The van der Waals surface area contributed by atoms with Gasteiger partial charge in [0.1, 0.15) is 0 Å². The molecule has 19 heavy (non-hydrogen) atoms. The van der Waals surface area contributed by atoms with E-state index in [0.29, 0.717) is 17.8 Å². The molecule has 0 aromatic heterocycles. The van der Waals surface area contributed by atoms with Gasteiger partial charge >= 0.3 is 0 Å². The number of nitrogens with one attached hydrogen (secondary N) is 2. The van der Waals surface area contributed by atoms with Gasteiger partial charge in [0.15, 0.2) is 4.84 Å². The van der Waals surface area contributed by atoms with Crippen molar-refractivity contribution in [3.63, 3.8) is 0 Å². The fourth-order valence-corrected chi connectivity index (χ4v) is 1.56. The van der Waals surface area contributed by atoms with E-state index in [4.69, 9.17) is 23.2 Å². The van der Waals surface area contributed by atoms with Gasteiger partial charge in [0.2, 0.25) is 0 Å². The van der Waals surface area contributed by atoms with Crippen LogP contribution in [0.3, 0.4) is 0 Å². The summed E-state index contributed by atoms with van der Waals surface area (Å²) in [6.45, 7) is 2.65. The van der Waals surface area contributed by atoms with Gasteiger partial charge in [-0.3, -0.25) is 9.59 Å². The number of hydrogen-bond donors (Lipinski definition) is 2. The largest absolute Gasteiger partial charge is 0.352 e. The van der Waals surface area contributed by atoms with Crippen molar-refractivity contribution in [2.45, 2.75) is 24.6 Å². The van der Waals surface area contributed by atoms with Gasteiger partial charge in [0.05, 0.1) is 11.3 Å². The Morgan fingerprint density at radius 2 is 1.95 bits per heavy atom. The zero-order valence-electron chi connectivity index (χ0n) is 10.6. The van der Waals surface area contributed by atoms with Crippen molar-refractivity contribution in [2.24, 2.45) is 0 Å². The molecule has 0 aliphatic heterocycles. The maximum atomic E-state index is 12.0. The van der Waals surface area contributed by atoms with Crippen molar-refractivity contribution in [3.8, 4) is 0 Å². The van der Waals surface area contributed by atoms with Crippen LogP contribution < -0.4 is 10.6 Å². The summed E-state index contributed by atoms with van der Waals surface area (Å²) in [4.78, 5) is 22.2. The number of carbonyl (C=O) groups is 2. The van der Waals surface area contributed by atoms with Crippen molar-refractivity contribution >= 4 is 40.7 Å². The number of hydrogen-bond acceptors (Lipinski definition) is 2. The molecule has 2 amide bonds. The average Bonchev–Trinajstić information content (AvgIpc) is 2.39. The van der Waals surface area contributed by atoms with Crippen molar-refractivity contribution in [1.29, 1.82) is 0 Å². The standard InChI is InChI=1S/C13H16Cl2N2O2/c1-2-3-8-16-12(18)9-6-4-5-7-10(9)17-13(19)11(14)15/h4-7,11H,2-3,8H2,1H3,(H,16,18)(H,17,19). The van der Waals surface area contributed by atoms with Crippen LogP contribution in [0.25, 0.3) is 0 Å². The van der Waals surface area contributed by atoms with Crippen molar-refractivity contribution < 1.29 is 9.59 Å². The highest BCUT2D eigenvalue weighted by Gasteiger charge is 2.16. The predicted octanol–water partition coefficient (Wildman–Crippen LogP) is 2.96. The molecule has 1 rings (SSSR count). The summed E-state index contributed by atoms with van der Waals surface area (Å²) in [7, 11) is 0. The number of amides is 2. The van der Waals surface area contributed by atoms with Gasteiger partial charge in [-0.25, -0.2) is 0 Å². The third kappa shape index (κ3) is 5.09. The first kappa shape index (κ1) is 15.8. The molecule has 0 aliphatic carbocycles. The fraction of sp³-hybridized carbons (Fsp3) is 0.385. The van der Waals surface area contributed by atoms with Crippen LogP contribution in [0.1, 0.15) is 30.1 Å². The molecule has 0 bridgehead atoms. The summed E-state index contributed by atoms with van der Waals surface area (Å²) in [5.74, 6) is -0.790. The minimum absolute atomic E-state index is 0.231. The number of alkyl halides is 2. The summed E-state index contributed by atoms with van der Waals surface area (Å²) in [6, 6.07) is 6.70. The molecule has 0 atom stereocenters. The maximum absolute atomic E-state index is 12.0. The van der Waals surface area contributed by atoms with Crippen molar-refractivity contribution in [3.05, 3.63) is 29.8 Å². The molecular formula is C13H16Cl2N2O2. The SMILES string of the molecule is CCCCNC(=O)c1ccccc1NC(=O)C(Cl)Cl. The zero-order valence-corrected chi connectivity index (χ0v) is 12.1. The maximum Gasteiger partial charge on any atom is 0.257 e. The van der Waals surface area contributed by atoms with Crippen molar-refractivity contribution in [1.82, 2.24) is 5.32 Å². The molecule has 1 aromatic rings. The van der Waals surface area contributed by atoms with Crippen LogP contribution >= 0.6 is 23.2 Å². The van der Waals surface area contributed by atoms with Crippen LogP contribution in [0.5, 0.6) is 0 Å². The molecule has 1 aromatic carbocycles. The van der Waals surface area contributed by atoms with Crippen LogP contribution in [0.15, 0.2) is 24.3 Å². The number of anilines is 1. The molecule has 6 heteroatoms. The van der Waals surface area contributed by atoms with E-state index in [-0.39, 0.29) is 5.91 Å². The molecular weight excluding hydrogens is 287 g/mol. The third-order valence-electron chi connectivity index (χ3n) is 2.44.